The van der Waals surface area contributed by atoms with E-state index in [9.17, 15) is 9.59 Å². The SMILES string of the molecule is C=CCOc1c(Br)cc(Br)cc1C1C2=C(CC(C)(C)CC2=O)NC2=C1C(=O)CC(C)(C)C2. The minimum atomic E-state index is -0.443. The molecule has 2 aliphatic carbocycles. The highest BCUT2D eigenvalue weighted by atomic mass is 79.9. The van der Waals surface area contributed by atoms with Crippen LogP contribution in [0.15, 0.2) is 56.3 Å². The van der Waals surface area contributed by atoms with Crippen molar-refractivity contribution in [2.45, 2.75) is 59.3 Å². The predicted molar refractivity (Wildman–Crippen MR) is 134 cm³/mol. The van der Waals surface area contributed by atoms with Gasteiger partial charge in [0.05, 0.1) is 4.47 Å². The molecule has 0 radical (unpaired) electrons. The van der Waals surface area contributed by atoms with E-state index in [1.807, 2.05) is 12.1 Å². The Morgan fingerprint density at radius 2 is 1.53 bits per heavy atom. The van der Waals surface area contributed by atoms with Gasteiger partial charge in [-0.3, -0.25) is 9.59 Å². The first kappa shape index (κ1) is 23.5. The second-order valence-corrected chi connectivity index (χ2v) is 12.4. The monoisotopic (exact) mass is 561 g/mol. The van der Waals surface area contributed by atoms with Gasteiger partial charge in [-0.2, -0.15) is 0 Å². The molecule has 1 aliphatic heterocycles. The van der Waals surface area contributed by atoms with E-state index in [0.29, 0.717) is 36.3 Å². The van der Waals surface area contributed by atoms with Crippen molar-refractivity contribution in [3.05, 3.63) is 61.8 Å². The number of hydrogen-bond donors (Lipinski definition) is 1. The number of carbonyl (C=O) groups excluding carboxylic acids is 2. The summed E-state index contributed by atoms with van der Waals surface area (Å²) in [5.41, 5.74) is 3.90. The number of nitrogens with one attached hydrogen (secondary N) is 1. The first-order valence-corrected chi connectivity index (χ1v) is 12.5. The number of carbonyl (C=O) groups is 2. The van der Waals surface area contributed by atoms with Crippen LogP contribution in [-0.2, 0) is 9.59 Å². The highest BCUT2D eigenvalue weighted by Gasteiger charge is 2.47. The van der Waals surface area contributed by atoms with E-state index in [-0.39, 0.29) is 22.4 Å². The third-order valence-corrected chi connectivity index (χ3v) is 7.46. The highest BCUT2D eigenvalue weighted by molar-refractivity contribution is 9.11. The van der Waals surface area contributed by atoms with Crippen molar-refractivity contribution in [3.63, 3.8) is 0 Å². The summed E-state index contributed by atoms with van der Waals surface area (Å²) >= 11 is 7.23. The molecule has 32 heavy (non-hydrogen) atoms. The number of ketones is 2. The maximum atomic E-state index is 13.5. The fourth-order valence-electron chi connectivity index (χ4n) is 5.29. The summed E-state index contributed by atoms with van der Waals surface area (Å²) in [5, 5.41) is 3.56. The van der Waals surface area contributed by atoms with Crippen molar-refractivity contribution in [1.82, 2.24) is 5.32 Å². The maximum Gasteiger partial charge on any atom is 0.162 e. The lowest BCUT2D eigenvalue weighted by Crippen LogP contribution is -2.42. The Balaban J connectivity index is 1.98. The molecule has 1 aromatic rings. The standard InChI is InChI=1S/C26H29Br2NO3/c1-6-7-32-24-15(8-14(27)9-16(24)28)21-22-17(10-25(2,3)12-19(22)30)29-18-11-26(4,5)13-20(31)23(18)21/h6,8-9,21,29H,1,7,10-13H2,2-5H3. The second kappa shape index (κ2) is 8.28. The van der Waals surface area contributed by atoms with Crippen LogP contribution in [0, 0.1) is 10.8 Å². The zero-order valence-electron chi connectivity index (χ0n) is 19.0. The van der Waals surface area contributed by atoms with Gasteiger partial charge in [0.1, 0.15) is 12.4 Å². The van der Waals surface area contributed by atoms with Gasteiger partial charge in [-0.05, 0) is 51.7 Å². The van der Waals surface area contributed by atoms with E-state index in [1.165, 1.54) is 0 Å². The molecule has 0 spiro atoms. The van der Waals surface area contributed by atoms with Crippen LogP contribution >= 0.6 is 31.9 Å². The molecule has 1 heterocycles. The van der Waals surface area contributed by atoms with E-state index < -0.39 is 5.92 Å². The summed E-state index contributed by atoms with van der Waals surface area (Å²) in [4.78, 5) is 27.0. The van der Waals surface area contributed by atoms with E-state index in [1.54, 1.807) is 6.08 Å². The minimum Gasteiger partial charge on any atom is -0.488 e. The molecule has 0 amide bonds. The molecule has 4 rings (SSSR count). The minimum absolute atomic E-state index is 0.101. The van der Waals surface area contributed by atoms with E-state index in [4.69, 9.17) is 4.74 Å². The second-order valence-electron chi connectivity index (χ2n) is 10.6. The van der Waals surface area contributed by atoms with Gasteiger partial charge in [-0.1, -0.05) is 56.3 Å². The molecular formula is C26H29Br2NO3. The summed E-state index contributed by atoms with van der Waals surface area (Å²) in [6.45, 7) is 12.6. The molecule has 0 fully saturated rings. The number of rotatable bonds is 4. The summed E-state index contributed by atoms with van der Waals surface area (Å²) in [5.74, 6) is 0.406. The fraction of sp³-hybridized carbons (Fsp3) is 0.462. The lowest BCUT2D eigenvalue weighted by molar-refractivity contribution is -0.119. The lowest BCUT2D eigenvalue weighted by atomic mass is 9.64. The van der Waals surface area contributed by atoms with Crippen molar-refractivity contribution in [1.29, 1.82) is 0 Å². The third kappa shape index (κ3) is 4.28. The van der Waals surface area contributed by atoms with Gasteiger partial charge in [0.15, 0.2) is 11.6 Å². The highest BCUT2D eigenvalue weighted by Crippen LogP contribution is 2.53. The van der Waals surface area contributed by atoms with Crippen LogP contribution in [0.25, 0.3) is 0 Å². The first-order chi connectivity index (χ1) is 14.9. The quantitative estimate of drug-likeness (QED) is 0.412. The molecule has 4 nitrogen and oxygen atoms in total. The summed E-state index contributed by atoms with van der Waals surface area (Å²) < 4.78 is 7.70. The molecular weight excluding hydrogens is 534 g/mol. The molecule has 0 atom stereocenters. The van der Waals surface area contributed by atoms with Gasteiger partial charge in [0.25, 0.3) is 0 Å². The van der Waals surface area contributed by atoms with Gasteiger partial charge in [0.2, 0.25) is 0 Å². The van der Waals surface area contributed by atoms with Crippen molar-refractivity contribution in [2.75, 3.05) is 6.61 Å². The van der Waals surface area contributed by atoms with Crippen LogP contribution < -0.4 is 10.1 Å². The first-order valence-electron chi connectivity index (χ1n) is 10.9. The van der Waals surface area contributed by atoms with Crippen molar-refractivity contribution in [2.24, 2.45) is 10.8 Å². The molecule has 0 aromatic heterocycles. The predicted octanol–water partition coefficient (Wildman–Crippen LogP) is 6.75. The van der Waals surface area contributed by atoms with E-state index in [0.717, 1.165) is 38.7 Å². The van der Waals surface area contributed by atoms with Crippen LogP contribution in [-0.4, -0.2) is 18.2 Å². The maximum absolute atomic E-state index is 13.5. The Morgan fingerprint density at radius 1 is 1.00 bits per heavy atom. The van der Waals surface area contributed by atoms with Gasteiger partial charge >= 0.3 is 0 Å². The van der Waals surface area contributed by atoms with Crippen molar-refractivity contribution < 1.29 is 14.3 Å². The number of benzene rings is 1. The molecule has 3 aliphatic rings. The average Bonchev–Trinajstić information content (AvgIpc) is 2.63. The van der Waals surface area contributed by atoms with Crippen LogP contribution in [0.4, 0.5) is 0 Å². The Bertz CT molecular complexity index is 1040. The van der Waals surface area contributed by atoms with Gasteiger partial charge in [0, 0.05) is 51.3 Å². The molecule has 0 unspecified atom stereocenters. The third-order valence-electron chi connectivity index (χ3n) is 6.41. The lowest BCUT2D eigenvalue weighted by Gasteiger charge is -2.44. The number of allylic oxidation sites excluding steroid dienone is 4. The number of Topliss-reactive ketones (excluding diaryl/α,β-unsaturated/α-hetero) is 2. The zero-order chi connectivity index (χ0) is 23.4. The van der Waals surface area contributed by atoms with Crippen molar-refractivity contribution in [3.8, 4) is 5.75 Å². The number of dihydropyridines is 1. The smallest absolute Gasteiger partial charge is 0.162 e. The van der Waals surface area contributed by atoms with Crippen LogP contribution in [0.3, 0.4) is 0 Å². The summed E-state index contributed by atoms with van der Waals surface area (Å²) in [6.07, 6.45) is 4.16. The zero-order valence-corrected chi connectivity index (χ0v) is 22.2. The van der Waals surface area contributed by atoms with Crippen molar-refractivity contribution >= 4 is 43.4 Å². The van der Waals surface area contributed by atoms with Gasteiger partial charge in [-0.25, -0.2) is 0 Å². The molecule has 170 valence electrons. The van der Waals surface area contributed by atoms with Crippen LogP contribution in [0.5, 0.6) is 5.75 Å². The number of halogens is 2. The Labute approximate surface area is 206 Å². The largest absolute Gasteiger partial charge is 0.488 e. The van der Waals surface area contributed by atoms with E-state index >= 15 is 0 Å². The molecule has 1 aromatic carbocycles. The number of hydrogen-bond acceptors (Lipinski definition) is 4. The van der Waals surface area contributed by atoms with Crippen LogP contribution in [0.1, 0.15) is 64.9 Å². The summed E-state index contributed by atoms with van der Waals surface area (Å²) in [6, 6.07) is 3.90. The Kier molecular flexibility index (Phi) is 6.08. The van der Waals surface area contributed by atoms with Gasteiger partial charge in [-0.15, -0.1) is 0 Å². The molecule has 0 saturated heterocycles. The summed E-state index contributed by atoms with van der Waals surface area (Å²) in [7, 11) is 0. The Morgan fingerprint density at radius 3 is 2.03 bits per heavy atom. The average molecular weight is 563 g/mol. The fourth-order valence-corrected chi connectivity index (χ4v) is 6.66. The van der Waals surface area contributed by atoms with Crippen LogP contribution in [0.2, 0.25) is 0 Å². The normalized spacial score (nSPS) is 22.3. The topological polar surface area (TPSA) is 55.4 Å². The van der Waals surface area contributed by atoms with Gasteiger partial charge < -0.3 is 10.1 Å². The molecule has 1 N–H and O–H groups in total. The van der Waals surface area contributed by atoms with E-state index in [2.05, 4.69) is 71.5 Å². The molecule has 0 saturated carbocycles. The number of ether oxygens (including phenoxy) is 1. The Hall–Kier alpha value is -1.66. The molecule has 0 bridgehead atoms. The molecule has 6 heteroatoms.